The summed E-state index contributed by atoms with van der Waals surface area (Å²) in [6.07, 6.45) is -4.93. The zero-order chi connectivity index (χ0) is 20.5. The lowest BCUT2D eigenvalue weighted by molar-refractivity contribution is -0.274. The van der Waals surface area contributed by atoms with E-state index in [0.717, 1.165) is 11.6 Å². The van der Waals surface area contributed by atoms with Gasteiger partial charge in [-0.15, -0.1) is 13.2 Å². The molecule has 0 saturated heterocycles. The molecule has 0 bridgehead atoms. The molecular weight excluding hydrogens is 373 g/mol. The maximum Gasteiger partial charge on any atom is 0.573 e. The number of hydrogen-bond donors (Lipinski definition) is 1. The molecule has 0 saturated carbocycles. The second kappa shape index (κ2) is 7.53. The van der Waals surface area contributed by atoms with E-state index in [0.29, 0.717) is 5.56 Å². The largest absolute Gasteiger partial charge is 0.573 e. The minimum atomic E-state index is -4.86. The summed E-state index contributed by atoms with van der Waals surface area (Å²) in [7, 11) is 0. The van der Waals surface area contributed by atoms with Gasteiger partial charge >= 0.3 is 6.36 Å². The number of amides is 2. The highest BCUT2D eigenvalue weighted by molar-refractivity contribution is 6.00. The number of anilines is 1. The maximum atomic E-state index is 12.6. The molecule has 0 radical (unpaired) electrons. The van der Waals surface area contributed by atoms with Gasteiger partial charge in [0.05, 0.1) is 11.7 Å². The van der Waals surface area contributed by atoms with Crippen molar-refractivity contribution in [2.75, 3.05) is 5.32 Å². The summed E-state index contributed by atoms with van der Waals surface area (Å²) in [6, 6.07) is 11.9. The fraction of sp³-hybridized carbons (Fsp3) is 0.300. The maximum absolute atomic E-state index is 12.6. The lowest BCUT2D eigenvalue weighted by Crippen LogP contribution is -2.38. The summed E-state index contributed by atoms with van der Waals surface area (Å²) in [5.74, 6) is -1.17. The Morgan fingerprint density at radius 2 is 1.82 bits per heavy atom. The molecule has 3 rings (SSSR count). The number of halogens is 3. The molecule has 2 aromatic rings. The molecule has 28 heavy (non-hydrogen) atoms. The molecule has 0 fully saturated rings. The SMILES string of the molecule is CC1c2ccccc2C(=O)N1[C@H](C)CC(=O)Nc1ccccc1OC(F)(F)F. The summed E-state index contributed by atoms with van der Waals surface area (Å²) in [4.78, 5) is 26.7. The summed E-state index contributed by atoms with van der Waals surface area (Å²) in [6.45, 7) is 3.61. The molecule has 5 nitrogen and oxygen atoms in total. The second-order valence-corrected chi connectivity index (χ2v) is 6.62. The molecule has 0 aliphatic carbocycles. The van der Waals surface area contributed by atoms with Crippen LogP contribution in [0.15, 0.2) is 48.5 Å². The number of nitrogens with zero attached hydrogens (tertiary/aromatic N) is 1. The summed E-state index contributed by atoms with van der Waals surface area (Å²) in [5, 5.41) is 2.44. The average molecular weight is 392 g/mol. The van der Waals surface area contributed by atoms with Crippen LogP contribution in [0.2, 0.25) is 0 Å². The highest BCUT2D eigenvalue weighted by Gasteiger charge is 2.37. The van der Waals surface area contributed by atoms with Crippen LogP contribution in [0.25, 0.3) is 0 Å². The van der Waals surface area contributed by atoms with Crippen molar-refractivity contribution in [1.82, 2.24) is 4.90 Å². The molecule has 2 aromatic carbocycles. The number of carbonyl (C=O) groups is 2. The Kier molecular flexibility index (Phi) is 5.31. The number of carbonyl (C=O) groups excluding carboxylic acids is 2. The number of fused-ring (bicyclic) bond motifs is 1. The second-order valence-electron chi connectivity index (χ2n) is 6.62. The van der Waals surface area contributed by atoms with Gasteiger partial charge in [-0.2, -0.15) is 0 Å². The average Bonchev–Trinajstić information content (AvgIpc) is 2.87. The van der Waals surface area contributed by atoms with Gasteiger partial charge in [0.1, 0.15) is 0 Å². The Labute approximate surface area is 160 Å². The summed E-state index contributed by atoms with van der Waals surface area (Å²) >= 11 is 0. The fourth-order valence-electron chi connectivity index (χ4n) is 3.45. The van der Waals surface area contributed by atoms with Crippen LogP contribution < -0.4 is 10.1 Å². The summed E-state index contributed by atoms with van der Waals surface area (Å²) in [5.41, 5.74) is 1.41. The first-order valence-electron chi connectivity index (χ1n) is 8.73. The van der Waals surface area contributed by atoms with E-state index in [9.17, 15) is 22.8 Å². The van der Waals surface area contributed by atoms with Crippen LogP contribution in [0.5, 0.6) is 5.75 Å². The minimum Gasteiger partial charge on any atom is -0.404 e. The van der Waals surface area contributed by atoms with Crippen molar-refractivity contribution in [2.45, 2.75) is 38.7 Å². The van der Waals surface area contributed by atoms with Gasteiger partial charge in [0.15, 0.2) is 5.75 Å². The molecule has 1 heterocycles. The minimum absolute atomic E-state index is 0.0651. The number of rotatable bonds is 5. The van der Waals surface area contributed by atoms with E-state index < -0.39 is 24.1 Å². The number of alkyl halides is 3. The van der Waals surface area contributed by atoms with Crippen LogP contribution in [0.3, 0.4) is 0 Å². The number of hydrogen-bond acceptors (Lipinski definition) is 3. The molecule has 148 valence electrons. The predicted molar refractivity (Wildman–Crippen MR) is 96.9 cm³/mol. The predicted octanol–water partition coefficient (Wildman–Crippen LogP) is 4.52. The molecule has 2 amide bonds. The number of nitrogens with one attached hydrogen (secondary N) is 1. The first-order chi connectivity index (χ1) is 13.2. The number of ether oxygens (including phenoxy) is 1. The Morgan fingerprint density at radius 3 is 2.50 bits per heavy atom. The van der Waals surface area contributed by atoms with E-state index in [1.54, 1.807) is 24.0 Å². The van der Waals surface area contributed by atoms with E-state index >= 15 is 0 Å². The first kappa shape index (κ1) is 19.7. The molecular formula is C20H19F3N2O3. The smallest absolute Gasteiger partial charge is 0.404 e. The van der Waals surface area contributed by atoms with Gasteiger partial charge in [-0.25, -0.2) is 0 Å². The Balaban J connectivity index is 1.69. The third-order valence-electron chi connectivity index (χ3n) is 4.64. The quantitative estimate of drug-likeness (QED) is 0.814. The van der Waals surface area contributed by atoms with Crippen LogP contribution >= 0.6 is 0 Å². The monoisotopic (exact) mass is 392 g/mol. The highest BCUT2D eigenvalue weighted by atomic mass is 19.4. The lowest BCUT2D eigenvalue weighted by atomic mass is 10.1. The number of benzene rings is 2. The highest BCUT2D eigenvalue weighted by Crippen LogP contribution is 2.35. The Hall–Kier alpha value is -3.03. The zero-order valence-corrected chi connectivity index (χ0v) is 15.3. The van der Waals surface area contributed by atoms with Crippen LogP contribution in [-0.2, 0) is 4.79 Å². The van der Waals surface area contributed by atoms with E-state index in [4.69, 9.17) is 0 Å². The van der Waals surface area contributed by atoms with Gasteiger partial charge in [-0.3, -0.25) is 9.59 Å². The molecule has 1 aliphatic rings. The molecule has 0 aromatic heterocycles. The standard InChI is InChI=1S/C20H19F3N2O3/c1-12(25-13(2)14-7-3-4-8-15(14)19(25)27)11-18(26)24-16-9-5-6-10-17(16)28-20(21,22)23/h3-10,12-13H,11H2,1-2H3,(H,24,26)/t12-,13?/m1/s1. The topological polar surface area (TPSA) is 58.6 Å². The van der Waals surface area contributed by atoms with Crippen molar-refractivity contribution < 1.29 is 27.5 Å². The van der Waals surface area contributed by atoms with Crippen molar-refractivity contribution in [2.24, 2.45) is 0 Å². The van der Waals surface area contributed by atoms with Crippen LogP contribution in [0.1, 0.15) is 42.2 Å². The Morgan fingerprint density at radius 1 is 1.18 bits per heavy atom. The van der Waals surface area contributed by atoms with Crippen LogP contribution in [-0.4, -0.2) is 29.1 Å². The van der Waals surface area contributed by atoms with Gasteiger partial charge in [0.25, 0.3) is 5.91 Å². The normalized spacial score (nSPS) is 17.2. The van der Waals surface area contributed by atoms with E-state index in [-0.39, 0.29) is 24.1 Å². The van der Waals surface area contributed by atoms with Gasteiger partial charge in [-0.1, -0.05) is 30.3 Å². The van der Waals surface area contributed by atoms with Crippen molar-refractivity contribution in [3.63, 3.8) is 0 Å². The molecule has 2 atom stereocenters. The summed E-state index contributed by atoms with van der Waals surface area (Å²) < 4.78 is 41.5. The molecule has 0 spiro atoms. The van der Waals surface area contributed by atoms with Crippen molar-refractivity contribution in [3.8, 4) is 5.75 Å². The van der Waals surface area contributed by atoms with Gasteiger partial charge in [0, 0.05) is 18.0 Å². The van der Waals surface area contributed by atoms with Gasteiger partial charge < -0.3 is 15.0 Å². The molecule has 1 N–H and O–H groups in total. The van der Waals surface area contributed by atoms with Crippen LogP contribution in [0.4, 0.5) is 18.9 Å². The molecule has 1 aliphatic heterocycles. The third-order valence-corrected chi connectivity index (χ3v) is 4.64. The third kappa shape index (κ3) is 4.11. The fourth-order valence-corrected chi connectivity index (χ4v) is 3.45. The van der Waals surface area contributed by atoms with Gasteiger partial charge in [0.2, 0.25) is 5.91 Å². The lowest BCUT2D eigenvalue weighted by Gasteiger charge is -2.29. The van der Waals surface area contributed by atoms with E-state index in [2.05, 4.69) is 10.1 Å². The van der Waals surface area contributed by atoms with E-state index in [1.165, 1.54) is 18.2 Å². The zero-order valence-electron chi connectivity index (χ0n) is 15.3. The van der Waals surface area contributed by atoms with E-state index in [1.807, 2.05) is 19.1 Å². The van der Waals surface area contributed by atoms with Gasteiger partial charge in [-0.05, 0) is 37.6 Å². The number of para-hydroxylation sites is 2. The molecule has 1 unspecified atom stereocenters. The first-order valence-corrected chi connectivity index (χ1v) is 8.73. The molecule has 8 heteroatoms. The Bertz CT molecular complexity index is 898. The van der Waals surface area contributed by atoms with Crippen LogP contribution in [0, 0.1) is 0 Å². The van der Waals surface area contributed by atoms with Crippen molar-refractivity contribution in [3.05, 3.63) is 59.7 Å². The van der Waals surface area contributed by atoms with Crippen molar-refractivity contribution >= 4 is 17.5 Å². The van der Waals surface area contributed by atoms with Crippen molar-refractivity contribution in [1.29, 1.82) is 0 Å².